The van der Waals surface area contributed by atoms with Gasteiger partial charge in [0.25, 0.3) is 0 Å². The van der Waals surface area contributed by atoms with E-state index in [0.717, 1.165) is 32.5 Å². The van der Waals surface area contributed by atoms with Crippen molar-refractivity contribution < 1.29 is 4.79 Å². The average Bonchev–Trinajstić information content (AvgIpc) is 2.39. The van der Waals surface area contributed by atoms with Crippen molar-refractivity contribution >= 4 is 18.3 Å². The van der Waals surface area contributed by atoms with E-state index in [0.29, 0.717) is 18.3 Å². The third-order valence-corrected chi connectivity index (χ3v) is 3.96. The molecular formula is C15H29ClN2O. The van der Waals surface area contributed by atoms with Gasteiger partial charge in [0.2, 0.25) is 5.91 Å². The molecule has 2 atom stereocenters. The molecule has 2 unspecified atom stereocenters. The number of rotatable bonds is 7. The van der Waals surface area contributed by atoms with Crippen LogP contribution in [0.2, 0.25) is 0 Å². The van der Waals surface area contributed by atoms with Crippen LogP contribution in [0.25, 0.3) is 0 Å². The lowest BCUT2D eigenvalue weighted by molar-refractivity contribution is -0.131. The molecule has 0 aromatic heterocycles. The number of carbonyl (C=O) groups excluding carboxylic acids is 1. The van der Waals surface area contributed by atoms with Crippen molar-refractivity contribution in [1.82, 2.24) is 10.2 Å². The molecule has 0 aliphatic carbocycles. The zero-order valence-corrected chi connectivity index (χ0v) is 13.2. The number of nitrogens with zero attached hydrogens (tertiary/aromatic N) is 1. The fraction of sp³-hybridized carbons (Fsp3) is 0.800. The highest BCUT2D eigenvalue weighted by molar-refractivity contribution is 5.85. The standard InChI is InChI=1S/C15H28N2O.ClH/c1-4-5-6-10-17(3)15(18)11-13(2)14-8-7-9-16-12-14;/h4,13-14,16H,1,5-12H2,2-3H3;1H. The first-order valence-electron chi connectivity index (χ1n) is 7.20. The van der Waals surface area contributed by atoms with Crippen LogP contribution >= 0.6 is 12.4 Å². The molecule has 19 heavy (non-hydrogen) atoms. The Bertz CT molecular complexity index is 265. The highest BCUT2D eigenvalue weighted by Gasteiger charge is 2.23. The Morgan fingerprint density at radius 2 is 2.32 bits per heavy atom. The predicted octanol–water partition coefficient (Wildman–Crippen LogP) is 2.86. The van der Waals surface area contributed by atoms with E-state index in [1.165, 1.54) is 12.8 Å². The fourth-order valence-electron chi connectivity index (χ4n) is 2.56. The minimum Gasteiger partial charge on any atom is -0.346 e. The molecule has 1 fully saturated rings. The predicted molar refractivity (Wildman–Crippen MR) is 83.7 cm³/mol. The van der Waals surface area contributed by atoms with Gasteiger partial charge in [-0.2, -0.15) is 0 Å². The van der Waals surface area contributed by atoms with Crippen molar-refractivity contribution in [2.24, 2.45) is 11.8 Å². The number of piperidine rings is 1. The van der Waals surface area contributed by atoms with Crippen molar-refractivity contribution in [3.8, 4) is 0 Å². The molecule has 3 nitrogen and oxygen atoms in total. The van der Waals surface area contributed by atoms with Crippen LogP contribution in [0.15, 0.2) is 12.7 Å². The average molecular weight is 289 g/mol. The Labute approximate surface area is 124 Å². The summed E-state index contributed by atoms with van der Waals surface area (Å²) in [6.07, 6.45) is 7.12. The van der Waals surface area contributed by atoms with Crippen LogP contribution in [0, 0.1) is 11.8 Å². The van der Waals surface area contributed by atoms with Gasteiger partial charge in [-0.15, -0.1) is 19.0 Å². The van der Waals surface area contributed by atoms with E-state index in [9.17, 15) is 4.79 Å². The molecule has 0 radical (unpaired) electrons. The van der Waals surface area contributed by atoms with E-state index in [2.05, 4.69) is 18.8 Å². The Morgan fingerprint density at radius 1 is 1.58 bits per heavy atom. The van der Waals surface area contributed by atoms with E-state index < -0.39 is 0 Å². The van der Waals surface area contributed by atoms with Gasteiger partial charge in [0, 0.05) is 20.0 Å². The second kappa shape index (κ2) is 10.3. The highest BCUT2D eigenvalue weighted by Crippen LogP contribution is 2.23. The molecule has 1 amide bonds. The highest BCUT2D eigenvalue weighted by atomic mass is 35.5. The van der Waals surface area contributed by atoms with Gasteiger partial charge in [0.05, 0.1) is 0 Å². The summed E-state index contributed by atoms with van der Waals surface area (Å²) in [5.74, 6) is 1.45. The molecule has 1 aliphatic heterocycles. The van der Waals surface area contributed by atoms with Crippen LogP contribution in [0.4, 0.5) is 0 Å². The molecule has 4 heteroatoms. The van der Waals surface area contributed by atoms with Crippen molar-refractivity contribution in [2.45, 2.75) is 39.0 Å². The Morgan fingerprint density at radius 3 is 2.89 bits per heavy atom. The van der Waals surface area contributed by atoms with Crippen LogP contribution < -0.4 is 5.32 Å². The van der Waals surface area contributed by atoms with Crippen LogP contribution in [0.5, 0.6) is 0 Å². The zero-order chi connectivity index (χ0) is 13.4. The van der Waals surface area contributed by atoms with E-state index in [-0.39, 0.29) is 18.3 Å². The molecule has 1 heterocycles. The molecular weight excluding hydrogens is 260 g/mol. The van der Waals surface area contributed by atoms with Crippen LogP contribution in [0.1, 0.15) is 39.0 Å². The SMILES string of the molecule is C=CCCCN(C)C(=O)CC(C)C1CCCNC1.Cl. The third kappa shape index (κ3) is 6.98. The third-order valence-electron chi connectivity index (χ3n) is 3.96. The minimum atomic E-state index is 0. The second-order valence-electron chi connectivity index (χ2n) is 5.53. The molecule has 0 bridgehead atoms. The summed E-state index contributed by atoms with van der Waals surface area (Å²) in [7, 11) is 1.91. The summed E-state index contributed by atoms with van der Waals surface area (Å²) in [5.41, 5.74) is 0. The Hall–Kier alpha value is -0.540. The first kappa shape index (κ1) is 18.5. The number of allylic oxidation sites excluding steroid dienone is 1. The van der Waals surface area contributed by atoms with Crippen LogP contribution in [-0.2, 0) is 4.79 Å². The van der Waals surface area contributed by atoms with E-state index in [1.54, 1.807) is 0 Å². The molecule has 0 aromatic carbocycles. The van der Waals surface area contributed by atoms with Gasteiger partial charge in [-0.05, 0) is 50.6 Å². The van der Waals surface area contributed by atoms with Crippen LogP contribution in [-0.4, -0.2) is 37.5 Å². The normalized spacial score (nSPS) is 20.2. The first-order valence-corrected chi connectivity index (χ1v) is 7.20. The van der Waals surface area contributed by atoms with Gasteiger partial charge in [-0.1, -0.05) is 13.0 Å². The maximum absolute atomic E-state index is 12.1. The molecule has 112 valence electrons. The number of halogens is 1. The van der Waals surface area contributed by atoms with Gasteiger partial charge in [-0.25, -0.2) is 0 Å². The lowest BCUT2D eigenvalue weighted by Gasteiger charge is -2.29. The molecule has 1 saturated heterocycles. The van der Waals surface area contributed by atoms with Crippen molar-refractivity contribution in [3.63, 3.8) is 0 Å². The van der Waals surface area contributed by atoms with Gasteiger partial charge >= 0.3 is 0 Å². The smallest absolute Gasteiger partial charge is 0.222 e. The summed E-state index contributed by atoms with van der Waals surface area (Å²) < 4.78 is 0. The maximum Gasteiger partial charge on any atom is 0.222 e. The topological polar surface area (TPSA) is 32.3 Å². The summed E-state index contributed by atoms with van der Waals surface area (Å²) in [6.45, 7) is 8.98. The first-order chi connectivity index (χ1) is 8.65. The fourth-order valence-corrected chi connectivity index (χ4v) is 2.56. The van der Waals surface area contributed by atoms with E-state index in [1.807, 2.05) is 18.0 Å². The van der Waals surface area contributed by atoms with Crippen molar-refractivity contribution in [2.75, 3.05) is 26.7 Å². The number of hydrogen-bond donors (Lipinski definition) is 1. The number of nitrogens with one attached hydrogen (secondary N) is 1. The number of unbranched alkanes of at least 4 members (excludes halogenated alkanes) is 1. The largest absolute Gasteiger partial charge is 0.346 e. The zero-order valence-electron chi connectivity index (χ0n) is 12.4. The summed E-state index contributed by atoms with van der Waals surface area (Å²) in [4.78, 5) is 13.9. The number of hydrogen-bond acceptors (Lipinski definition) is 2. The Kier molecular flexibility index (Phi) is 9.98. The monoisotopic (exact) mass is 288 g/mol. The van der Waals surface area contributed by atoms with Crippen molar-refractivity contribution in [1.29, 1.82) is 0 Å². The van der Waals surface area contributed by atoms with Gasteiger partial charge in [-0.3, -0.25) is 4.79 Å². The van der Waals surface area contributed by atoms with E-state index >= 15 is 0 Å². The summed E-state index contributed by atoms with van der Waals surface area (Å²) in [6, 6.07) is 0. The van der Waals surface area contributed by atoms with Gasteiger partial charge in [0.1, 0.15) is 0 Å². The van der Waals surface area contributed by atoms with Gasteiger partial charge < -0.3 is 10.2 Å². The summed E-state index contributed by atoms with van der Waals surface area (Å²) >= 11 is 0. The molecule has 1 N–H and O–H groups in total. The molecule has 1 aliphatic rings. The van der Waals surface area contributed by atoms with Crippen molar-refractivity contribution in [3.05, 3.63) is 12.7 Å². The number of amides is 1. The number of carbonyl (C=O) groups is 1. The summed E-state index contributed by atoms with van der Waals surface area (Å²) in [5, 5.41) is 3.42. The Balaban J connectivity index is 0.00000324. The molecule has 0 saturated carbocycles. The molecule has 0 spiro atoms. The molecule has 1 rings (SSSR count). The van der Waals surface area contributed by atoms with Gasteiger partial charge in [0.15, 0.2) is 0 Å². The second-order valence-corrected chi connectivity index (χ2v) is 5.53. The maximum atomic E-state index is 12.1. The van der Waals surface area contributed by atoms with E-state index in [4.69, 9.17) is 0 Å². The van der Waals surface area contributed by atoms with Crippen LogP contribution in [0.3, 0.4) is 0 Å². The minimum absolute atomic E-state index is 0. The lowest BCUT2D eigenvalue weighted by Crippen LogP contribution is -2.36. The quantitative estimate of drug-likeness (QED) is 0.577. The molecule has 0 aromatic rings. The lowest BCUT2D eigenvalue weighted by atomic mass is 9.85.